The summed E-state index contributed by atoms with van der Waals surface area (Å²) in [6.45, 7) is 3.70. The van der Waals surface area contributed by atoms with Crippen molar-refractivity contribution in [1.82, 2.24) is 0 Å². The molecule has 0 aliphatic carbocycles. The van der Waals surface area contributed by atoms with Crippen LogP contribution < -0.4 is 5.73 Å². The lowest BCUT2D eigenvalue weighted by atomic mass is 10.0. The fraction of sp³-hybridized carbons (Fsp3) is 0.333. The Morgan fingerprint density at radius 1 is 1.40 bits per heavy atom. The van der Waals surface area contributed by atoms with Gasteiger partial charge in [-0.3, -0.25) is 0 Å². The molecule has 15 heavy (non-hydrogen) atoms. The second kappa shape index (κ2) is 6.46. The molecule has 0 aliphatic heterocycles. The maximum atomic E-state index is 6.12. The molecular formula is C12H15Br2N. The van der Waals surface area contributed by atoms with Gasteiger partial charge in [-0.25, -0.2) is 0 Å². The predicted molar refractivity (Wildman–Crippen MR) is 72.8 cm³/mol. The van der Waals surface area contributed by atoms with Gasteiger partial charge in [-0.05, 0) is 43.0 Å². The van der Waals surface area contributed by atoms with E-state index in [1.807, 2.05) is 18.2 Å². The number of unbranched alkanes of at least 4 members (excludes halogenated alkanes) is 1. The lowest BCUT2D eigenvalue weighted by Crippen LogP contribution is -2.10. The molecule has 0 spiro atoms. The van der Waals surface area contributed by atoms with Crippen LogP contribution in [0.2, 0.25) is 0 Å². The number of rotatable bonds is 5. The number of halogens is 2. The summed E-state index contributed by atoms with van der Waals surface area (Å²) in [6, 6.07) is 6.19. The lowest BCUT2D eigenvalue weighted by molar-refractivity contribution is 0.615. The highest BCUT2D eigenvalue weighted by atomic mass is 79.9. The molecule has 82 valence electrons. The van der Waals surface area contributed by atoms with Crippen LogP contribution in [0.5, 0.6) is 0 Å². The van der Waals surface area contributed by atoms with Crippen LogP contribution in [-0.2, 0) is 0 Å². The van der Waals surface area contributed by atoms with E-state index in [9.17, 15) is 0 Å². The molecule has 1 atom stereocenters. The zero-order valence-electron chi connectivity index (χ0n) is 8.55. The van der Waals surface area contributed by atoms with E-state index < -0.39 is 0 Å². The summed E-state index contributed by atoms with van der Waals surface area (Å²) < 4.78 is 2.15. The summed E-state index contributed by atoms with van der Waals surface area (Å²) >= 11 is 6.97. The van der Waals surface area contributed by atoms with Gasteiger partial charge in [0, 0.05) is 15.0 Å². The van der Waals surface area contributed by atoms with Gasteiger partial charge in [0.2, 0.25) is 0 Å². The van der Waals surface area contributed by atoms with E-state index in [0.29, 0.717) is 0 Å². The normalized spacial score (nSPS) is 12.5. The Morgan fingerprint density at radius 2 is 2.13 bits per heavy atom. The van der Waals surface area contributed by atoms with Gasteiger partial charge in [0.05, 0.1) is 0 Å². The molecule has 0 bridgehead atoms. The van der Waals surface area contributed by atoms with Crippen molar-refractivity contribution in [1.29, 1.82) is 0 Å². The fourth-order valence-electron chi connectivity index (χ4n) is 1.44. The van der Waals surface area contributed by atoms with Crippen molar-refractivity contribution in [2.45, 2.75) is 25.3 Å². The molecule has 1 unspecified atom stereocenters. The molecule has 0 saturated carbocycles. The maximum Gasteiger partial charge on any atom is 0.0306 e. The van der Waals surface area contributed by atoms with Crippen LogP contribution >= 0.6 is 31.9 Å². The van der Waals surface area contributed by atoms with Crippen LogP contribution in [0.15, 0.2) is 39.8 Å². The maximum absolute atomic E-state index is 6.12. The highest BCUT2D eigenvalue weighted by Crippen LogP contribution is 2.28. The number of hydrogen-bond acceptors (Lipinski definition) is 1. The van der Waals surface area contributed by atoms with Gasteiger partial charge < -0.3 is 5.73 Å². The average Bonchev–Trinajstić information content (AvgIpc) is 2.22. The quantitative estimate of drug-likeness (QED) is 0.620. The molecule has 1 nitrogen and oxygen atoms in total. The van der Waals surface area contributed by atoms with Gasteiger partial charge in [-0.1, -0.05) is 37.9 Å². The predicted octanol–water partition coefficient (Wildman–Crippen LogP) is 4.57. The van der Waals surface area contributed by atoms with Crippen LogP contribution in [0, 0.1) is 0 Å². The largest absolute Gasteiger partial charge is 0.324 e. The number of allylic oxidation sites excluding steroid dienone is 1. The zero-order valence-corrected chi connectivity index (χ0v) is 11.7. The minimum atomic E-state index is 0.0943. The second-order valence-electron chi connectivity index (χ2n) is 3.49. The van der Waals surface area contributed by atoms with Crippen LogP contribution in [0.25, 0.3) is 0 Å². The standard InChI is InChI=1S/C12H15Br2N/c1-2-3-4-5-12(15)10-8-9(13)6-7-11(10)14/h2,6-8,12H,1,3-5,15H2. The first-order valence-corrected chi connectivity index (χ1v) is 6.55. The van der Waals surface area contributed by atoms with E-state index in [2.05, 4.69) is 44.5 Å². The highest BCUT2D eigenvalue weighted by molar-refractivity contribution is 9.11. The Bertz CT molecular complexity index is 336. The number of hydrogen-bond donors (Lipinski definition) is 1. The Hall–Kier alpha value is -0.120. The van der Waals surface area contributed by atoms with Crippen LogP contribution in [-0.4, -0.2) is 0 Å². The molecule has 0 fully saturated rings. The lowest BCUT2D eigenvalue weighted by Gasteiger charge is -2.13. The van der Waals surface area contributed by atoms with Crippen molar-refractivity contribution in [3.8, 4) is 0 Å². The second-order valence-corrected chi connectivity index (χ2v) is 5.26. The minimum Gasteiger partial charge on any atom is -0.324 e. The Balaban J connectivity index is 2.67. The molecule has 1 aromatic carbocycles. The summed E-state index contributed by atoms with van der Waals surface area (Å²) in [5.74, 6) is 0. The summed E-state index contributed by atoms with van der Waals surface area (Å²) in [7, 11) is 0. The summed E-state index contributed by atoms with van der Waals surface area (Å²) in [4.78, 5) is 0. The first-order chi connectivity index (χ1) is 7.15. The zero-order chi connectivity index (χ0) is 11.3. The first-order valence-electron chi connectivity index (χ1n) is 4.96. The van der Waals surface area contributed by atoms with E-state index in [4.69, 9.17) is 5.73 Å². The fourth-order valence-corrected chi connectivity index (χ4v) is 2.36. The van der Waals surface area contributed by atoms with Crippen molar-refractivity contribution in [3.05, 3.63) is 45.4 Å². The monoisotopic (exact) mass is 331 g/mol. The number of nitrogens with two attached hydrogens (primary N) is 1. The Morgan fingerprint density at radius 3 is 2.80 bits per heavy atom. The summed E-state index contributed by atoms with van der Waals surface area (Å²) in [5.41, 5.74) is 7.28. The molecular weight excluding hydrogens is 318 g/mol. The van der Waals surface area contributed by atoms with E-state index in [1.165, 1.54) is 0 Å². The molecule has 0 radical (unpaired) electrons. The molecule has 1 rings (SSSR count). The Kier molecular flexibility index (Phi) is 5.58. The molecule has 2 N–H and O–H groups in total. The molecule has 1 aromatic rings. The van der Waals surface area contributed by atoms with Crippen molar-refractivity contribution in [2.24, 2.45) is 5.73 Å². The van der Waals surface area contributed by atoms with Crippen LogP contribution in [0.1, 0.15) is 30.9 Å². The van der Waals surface area contributed by atoms with Gasteiger partial charge in [0.15, 0.2) is 0 Å². The average molecular weight is 333 g/mol. The minimum absolute atomic E-state index is 0.0943. The van der Waals surface area contributed by atoms with E-state index >= 15 is 0 Å². The number of benzene rings is 1. The molecule has 0 amide bonds. The van der Waals surface area contributed by atoms with Crippen molar-refractivity contribution in [3.63, 3.8) is 0 Å². The topological polar surface area (TPSA) is 26.0 Å². The summed E-state index contributed by atoms with van der Waals surface area (Å²) in [6.07, 6.45) is 5.03. The molecule has 0 heterocycles. The van der Waals surface area contributed by atoms with Crippen molar-refractivity contribution in [2.75, 3.05) is 0 Å². The first kappa shape index (κ1) is 12.9. The molecule has 0 aromatic heterocycles. The van der Waals surface area contributed by atoms with Gasteiger partial charge in [-0.2, -0.15) is 0 Å². The van der Waals surface area contributed by atoms with E-state index in [1.54, 1.807) is 0 Å². The van der Waals surface area contributed by atoms with E-state index in [-0.39, 0.29) is 6.04 Å². The van der Waals surface area contributed by atoms with Gasteiger partial charge >= 0.3 is 0 Å². The van der Waals surface area contributed by atoms with Crippen LogP contribution in [0.4, 0.5) is 0 Å². The SMILES string of the molecule is C=CCCCC(N)c1cc(Br)ccc1Br. The summed E-state index contributed by atoms with van der Waals surface area (Å²) in [5, 5.41) is 0. The van der Waals surface area contributed by atoms with Gasteiger partial charge in [0.25, 0.3) is 0 Å². The third kappa shape index (κ3) is 4.09. The van der Waals surface area contributed by atoms with Crippen molar-refractivity contribution >= 4 is 31.9 Å². The molecule has 3 heteroatoms. The smallest absolute Gasteiger partial charge is 0.0306 e. The van der Waals surface area contributed by atoms with Gasteiger partial charge in [0.1, 0.15) is 0 Å². The van der Waals surface area contributed by atoms with Crippen molar-refractivity contribution < 1.29 is 0 Å². The van der Waals surface area contributed by atoms with E-state index in [0.717, 1.165) is 33.8 Å². The molecule has 0 aliphatic rings. The molecule has 0 saturated heterocycles. The third-order valence-electron chi connectivity index (χ3n) is 2.28. The third-order valence-corrected chi connectivity index (χ3v) is 3.50. The van der Waals surface area contributed by atoms with Crippen LogP contribution in [0.3, 0.4) is 0 Å². The highest BCUT2D eigenvalue weighted by Gasteiger charge is 2.09. The Labute approximate surface area is 108 Å². The van der Waals surface area contributed by atoms with Gasteiger partial charge in [-0.15, -0.1) is 6.58 Å².